The number of halogens is 1. The number of carbonyl (C=O) groups excluding carboxylic acids is 1. The summed E-state index contributed by atoms with van der Waals surface area (Å²) in [6.45, 7) is 1.94. The Labute approximate surface area is 214 Å². The van der Waals surface area contributed by atoms with Gasteiger partial charge in [-0.25, -0.2) is 4.98 Å². The third kappa shape index (κ3) is 6.18. The van der Waals surface area contributed by atoms with Crippen LogP contribution in [0.5, 0.6) is 11.5 Å². The van der Waals surface area contributed by atoms with Crippen LogP contribution in [0, 0.1) is 6.92 Å². The Hall–Kier alpha value is -3.42. The number of ether oxygens (including phenoxy) is 2. The summed E-state index contributed by atoms with van der Waals surface area (Å²) < 4.78 is 10.6. The minimum absolute atomic E-state index is 0.0693. The number of thioether (sulfide) groups is 1. The van der Waals surface area contributed by atoms with Gasteiger partial charge in [0, 0.05) is 34.0 Å². The fourth-order valence-electron chi connectivity index (χ4n) is 3.53. The first kappa shape index (κ1) is 24.7. The predicted molar refractivity (Wildman–Crippen MR) is 143 cm³/mol. The highest BCUT2D eigenvalue weighted by atomic mass is 35.5. The quantitative estimate of drug-likeness (QED) is 0.242. The number of rotatable bonds is 9. The summed E-state index contributed by atoms with van der Waals surface area (Å²) in [6.07, 6.45) is 0.340. The number of imidazole rings is 1. The molecule has 35 heavy (non-hydrogen) atoms. The summed E-state index contributed by atoms with van der Waals surface area (Å²) in [7, 11) is 3.29. The number of anilines is 1. The first-order valence-corrected chi connectivity index (χ1v) is 12.4. The van der Waals surface area contributed by atoms with Gasteiger partial charge in [-0.05, 0) is 73.2 Å². The zero-order valence-electron chi connectivity index (χ0n) is 19.7. The van der Waals surface area contributed by atoms with Crippen molar-refractivity contribution in [1.29, 1.82) is 0 Å². The minimum atomic E-state index is -0.0693. The molecule has 6 nitrogen and oxygen atoms in total. The Kier molecular flexibility index (Phi) is 8.00. The molecule has 1 aromatic heterocycles. The van der Waals surface area contributed by atoms with Gasteiger partial charge in [-0.15, -0.1) is 0 Å². The average molecular weight is 508 g/mol. The molecule has 4 aromatic rings. The molecular weight excluding hydrogens is 482 g/mol. The number of aromatic amines is 1. The van der Waals surface area contributed by atoms with Crippen LogP contribution in [0.4, 0.5) is 5.69 Å². The van der Waals surface area contributed by atoms with Crippen molar-refractivity contribution in [3.05, 3.63) is 77.3 Å². The molecule has 0 aliphatic rings. The topological polar surface area (TPSA) is 76.2 Å². The van der Waals surface area contributed by atoms with Crippen molar-refractivity contribution >= 4 is 35.0 Å². The van der Waals surface area contributed by atoms with Crippen molar-refractivity contribution in [2.24, 2.45) is 0 Å². The number of H-pyrrole nitrogens is 1. The number of amides is 1. The monoisotopic (exact) mass is 507 g/mol. The van der Waals surface area contributed by atoms with E-state index >= 15 is 0 Å². The van der Waals surface area contributed by atoms with E-state index in [1.807, 2.05) is 61.5 Å². The van der Waals surface area contributed by atoms with Gasteiger partial charge in [0.25, 0.3) is 0 Å². The van der Waals surface area contributed by atoms with E-state index in [0.29, 0.717) is 17.2 Å². The zero-order chi connectivity index (χ0) is 24.8. The van der Waals surface area contributed by atoms with Gasteiger partial charge in [-0.3, -0.25) is 4.79 Å². The second kappa shape index (κ2) is 11.3. The highest BCUT2D eigenvalue weighted by molar-refractivity contribution is 7.99. The van der Waals surface area contributed by atoms with Crippen LogP contribution in [0.2, 0.25) is 5.02 Å². The first-order valence-electron chi connectivity index (χ1n) is 11.0. The van der Waals surface area contributed by atoms with E-state index in [1.54, 1.807) is 26.4 Å². The van der Waals surface area contributed by atoms with Crippen molar-refractivity contribution in [3.63, 3.8) is 0 Å². The smallest absolute Gasteiger partial charge is 0.225 e. The largest absolute Gasteiger partial charge is 0.497 e. The van der Waals surface area contributed by atoms with E-state index in [4.69, 9.17) is 26.1 Å². The van der Waals surface area contributed by atoms with Crippen LogP contribution in [0.15, 0.2) is 71.9 Å². The lowest BCUT2D eigenvalue weighted by Crippen LogP contribution is -2.13. The second-order valence-electron chi connectivity index (χ2n) is 7.83. The third-order valence-electron chi connectivity index (χ3n) is 5.47. The predicted octanol–water partition coefficient (Wildman–Crippen LogP) is 6.84. The number of aromatic nitrogens is 2. The molecule has 0 saturated heterocycles. The zero-order valence-corrected chi connectivity index (χ0v) is 21.3. The van der Waals surface area contributed by atoms with Gasteiger partial charge in [0.15, 0.2) is 5.16 Å². The summed E-state index contributed by atoms with van der Waals surface area (Å²) in [5.74, 6) is 2.07. The van der Waals surface area contributed by atoms with Gasteiger partial charge in [0.05, 0.1) is 25.6 Å². The van der Waals surface area contributed by atoms with Gasteiger partial charge < -0.3 is 19.8 Å². The molecule has 0 radical (unpaired) electrons. The number of nitrogens with zero attached hydrogens (tertiary/aromatic N) is 1. The Morgan fingerprint density at radius 3 is 2.23 bits per heavy atom. The fraction of sp³-hybridized carbons (Fsp3) is 0.185. The van der Waals surface area contributed by atoms with Crippen LogP contribution in [-0.2, 0) is 4.79 Å². The fourth-order valence-corrected chi connectivity index (χ4v) is 4.51. The van der Waals surface area contributed by atoms with Gasteiger partial charge in [-0.1, -0.05) is 29.4 Å². The molecular formula is C27H26ClN3O3S. The van der Waals surface area contributed by atoms with Crippen molar-refractivity contribution in [1.82, 2.24) is 9.97 Å². The molecule has 1 heterocycles. The standard InChI is InChI=1S/C27H26ClN3O3S/c1-17-4-9-20(28)16-23(17)29-24(32)14-15-35-27-30-25(18-5-10-21(33-2)11-6-18)26(31-27)19-7-12-22(34-3)13-8-19/h4-13,16H,14-15H2,1-3H3,(H,29,32)(H,30,31). The minimum Gasteiger partial charge on any atom is -0.497 e. The van der Waals surface area contributed by atoms with E-state index in [-0.39, 0.29) is 5.91 Å². The molecule has 4 rings (SSSR count). The lowest BCUT2D eigenvalue weighted by Gasteiger charge is -2.08. The van der Waals surface area contributed by atoms with Crippen molar-refractivity contribution in [3.8, 4) is 34.0 Å². The Bertz CT molecular complexity index is 1240. The number of hydrogen-bond donors (Lipinski definition) is 2. The van der Waals surface area contributed by atoms with Gasteiger partial charge in [0.1, 0.15) is 11.5 Å². The molecule has 2 N–H and O–H groups in total. The van der Waals surface area contributed by atoms with Crippen molar-refractivity contribution < 1.29 is 14.3 Å². The summed E-state index contributed by atoms with van der Waals surface area (Å²) in [5.41, 5.74) is 5.39. The van der Waals surface area contributed by atoms with Crippen molar-refractivity contribution in [2.45, 2.75) is 18.5 Å². The Morgan fingerprint density at radius 1 is 0.971 bits per heavy atom. The molecule has 0 spiro atoms. The molecule has 0 unspecified atom stereocenters. The highest BCUT2D eigenvalue weighted by Gasteiger charge is 2.16. The second-order valence-corrected chi connectivity index (χ2v) is 9.35. The molecule has 0 aliphatic carbocycles. The number of methoxy groups -OCH3 is 2. The maximum absolute atomic E-state index is 12.5. The third-order valence-corrected chi connectivity index (χ3v) is 6.58. The summed E-state index contributed by atoms with van der Waals surface area (Å²) in [4.78, 5) is 20.8. The van der Waals surface area contributed by atoms with Crippen LogP contribution in [0.3, 0.4) is 0 Å². The maximum Gasteiger partial charge on any atom is 0.225 e. The number of aryl methyl sites for hydroxylation is 1. The van der Waals surface area contributed by atoms with Crippen LogP contribution >= 0.6 is 23.4 Å². The van der Waals surface area contributed by atoms with Crippen LogP contribution < -0.4 is 14.8 Å². The van der Waals surface area contributed by atoms with Gasteiger partial charge in [0.2, 0.25) is 5.91 Å². The number of benzene rings is 3. The van der Waals surface area contributed by atoms with Crippen LogP contribution in [-0.4, -0.2) is 35.8 Å². The first-order chi connectivity index (χ1) is 17.0. The van der Waals surface area contributed by atoms with Crippen LogP contribution in [0.25, 0.3) is 22.5 Å². The molecule has 0 saturated carbocycles. The molecule has 0 fully saturated rings. The average Bonchev–Trinajstić information content (AvgIpc) is 3.30. The molecule has 0 bridgehead atoms. The normalized spacial score (nSPS) is 10.7. The number of hydrogen-bond acceptors (Lipinski definition) is 5. The number of nitrogens with one attached hydrogen (secondary N) is 2. The molecule has 180 valence electrons. The molecule has 0 atom stereocenters. The number of carbonyl (C=O) groups is 1. The Morgan fingerprint density at radius 2 is 1.60 bits per heavy atom. The lowest BCUT2D eigenvalue weighted by atomic mass is 10.0. The maximum atomic E-state index is 12.5. The van der Waals surface area contributed by atoms with Gasteiger partial charge in [-0.2, -0.15) is 0 Å². The molecule has 0 aliphatic heterocycles. The van der Waals surface area contributed by atoms with Crippen LogP contribution in [0.1, 0.15) is 12.0 Å². The highest BCUT2D eigenvalue weighted by Crippen LogP contribution is 2.34. The van der Waals surface area contributed by atoms with Gasteiger partial charge >= 0.3 is 0 Å². The van der Waals surface area contributed by atoms with E-state index < -0.39 is 0 Å². The van der Waals surface area contributed by atoms with E-state index in [1.165, 1.54) is 11.8 Å². The van der Waals surface area contributed by atoms with E-state index in [9.17, 15) is 4.79 Å². The summed E-state index contributed by atoms with van der Waals surface area (Å²) in [6, 6.07) is 21.1. The van der Waals surface area contributed by atoms with E-state index in [2.05, 4.69) is 10.3 Å². The summed E-state index contributed by atoms with van der Waals surface area (Å²) >= 11 is 7.56. The summed E-state index contributed by atoms with van der Waals surface area (Å²) in [5, 5.41) is 4.27. The molecule has 3 aromatic carbocycles. The lowest BCUT2D eigenvalue weighted by molar-refractivity contribution is -0.115. The van der Waals surface area contributed by atoms with Crippen molar-refractivity contribution in [2.75, 3.05) is 25.3 Å². The molecule has 8 heteroatoms. The SMILES string of the molecule is COc1ccc(-c2nc(SCCC(=O)Nc3cc(Cl)ccc3C)[nH]c2-c2ccc(OC)cc2)cc1. The van der Waals surface area contributed by atoms with E-state index in [0.717, 1.165) is 50.4 Å². The Balaban J connectivity index is 1.50. The molecule has 1 amide bonds.